The Kier molecular flexibility index (Phi) is 4.88. The predicted octanol–water partition coefficient (Wildman–Crippen LogP) is 2.95. The third-order valence-corrected chi connectivity index (χ3v) is 6.52. The minimum atomic E-state index is -0.809. The smallest absolute Gasteiger partial charge is 0.338 e. The van der Waals surface area contributed by atoms with Crippen LogP contribution in [-0.2, 0) is 14.3 Å². The lowest BCUT2D eigenvalue weighted by atomic mass is 9.85. The van der Waals surface area contributed by atoms with Gasteiger partial charge in [0.1, 0.15) is 0 Å². The second kappa shape index (κ2) is 7.77. The van der Waals surface area contributed by atoms with Crippen molar-refractivity contribution in [3.63, 3.8) is 0 Å². The summed E-state index contributed by atoms with van der Waals surface area (Å²) in [5, 5.41) is 10.9. The number of carbonyl (C=O) groups is 4. The van der Waals surface area contributed by atoms with Gasteiger partial charge in [0.05, 0.1) is 28.0 Å². The number of Topliss-reactive ketones (excluding diaryl/α,β-unsaturated/α-hetero) is 1. The lowest BCUT2D eigenvalue weighted by Gasteiger charge is -2.18. The van der Waals surface area contributed by atoms with Gasteiger partial charge < -0.3 is 4.74 Å². The van der Waals surface area contributed by atoms with Crippen molar-refractivity contribution in [3.05, 3.63) is 81.9 Å². The van der Waals surface area contributed by atoms with Crippen LogP contribution >= 0.6 is 0 Å². The van der Waals surface area contributed by atoms with Crippen LogP contribution < -0.4 is 4.90 Å². The van der Waals surface area contributed by atoms with Gasteiger partial charge in [0.2, 0.25) is 17.6 Å². The van der Waals surface area contributed by atoms with E-state index in [1.165, 1.54) is 36.4 Å². The molecule has 4 atom stereocenters. The van der Waals surface area contributed by atoms with Crippen LogP contribution in [0.4, 0.5) is 11.4 Å². The summed E-state index contributed by atoms with van der Waals surface area (Å²) in [6.07, 6.45) is 4.84. The Morgan fingerprint density at radius 2 is 1.61 bits per heavy atom. The molecular weight excluding hydrogens is 428 g/mol. The maximum Gasteiger partial charge on any atom is 0.338 e. The van der Waals surface area contributed by atoms with Gasteiger partial charge in [-0.25, -0.2) is 9.69 Å². The van der Waals surface area contributed by atoms with E-state index in [2.05, 4.69) is 0 Å². The van der Waals surface area contributed by atoms with Crippen molar-refractivity contribution in [2.24, 2.45) is 23.7 Å². The second-order valence-corrected chi connectivity index (χ2v) is 8.37. The number of esters is 1. The van der Waals surface area contributed by atoms with E-state index in [1.54, 1.807) is 6.07 Å². The fourth-order valence-corrected chi connectivity index (χ4v) is 5.02. The van der Waals surface area contributed by atoms with Crippen LogP contribution in [0.1, 0.15) is 27.1 Å². The van der Waals surface area contributed by atoms with Gasteiger partial charge in [-0.1, -0.05) is 30.4 Å². The van der Waals surface area contributed by atoms with Crippen molar-refractivity contribution in [2.45, 2.75) is 6.42 Å². The Balaban J connectivity index is 1.29. The fraction of sp³-hybridized carbons (Fsp3) is 0.250. The average Bonchev–Trinajstić information content (AvgIpc) is 3.51. The topological polar surface area (TPSA) is 124 Å². The van der Waals surface area contributed by atoms with E-state index in [0.717, 1.165) is 17.4 Å². The highest BCUT2D eigenvalue weighted by molar-refractivity contribution is 6.23. The highest BCUT2D eigenvalue weighted by Crippen LogP contribution is 2.53. The SMILES string of the molecule is O=C(COC(=O)c1cccc(N2C(=O)[C@@H]3[C@H](C2=O)[C@@H]2C=C[C@H]3C2)c1)c1cccc([N+](=O)[O-])c1. The van der Waals surface area contributed by atoms with E-state index in [-0.39, 0.29) is 52.3 Å². The summed E-state index contributed by atoms with van der Waals surface area (Å²) < 4.78 is 5.08. The highest BCUT2D eigenvalue weighted by Gasteiger charge is 2.59. The zero-order valence-electron chi connectivity index (χ0n) is 17.2. The number of anilines is 1. The standard InChI is InChI=1S/C24H18N2O7/c27-19(13-3-1-6-18(10-13)26(31)32)12-33-24(30)16-4-2-5-17(11-16)25-22(28)20-14-7-8-15(9-14)21(20)23(25)29/h1-8,10-11,14-15,20-21H,9,12H2/t14-,15+,20-,21+. The number of amides is 2. The van der Waals surface area contributed by atoms with Crippen molar-refractivity contribution < 1.29 is 28.8 Å². The summed E-state index contributed by atoms with van der Waals surface area (Å²) in [5.74, 6) is -2.46. The molecule has 1 heterocycles. The molecule has 9 nitrogen and oxygen atoms in total. The van der Waals surface area contributed by atoms with Crippen LogP contribution in [0.5, 0.6) is 0 Å². The Labute approximate surface area is 187 Å². The molecule has 2 aromatic carbocycles. The van der Waals surface area contributed by atoms with Gasteiger partial charge >= 0.3 is 5.97 Å². The molecule has 0 spiro atoms. The quantitative estimate of drug-likeness (QED) is 0.167. The number of rotatable bonds is 6. The summed E-state index contributed by atoms with van der Waals surface area (Å²) in [7, 11) is 0. The molecule has 0 unspecified atom stereocenters. The van der Waals surface area contributed by atoms with E-state index < -0.39 is 23.3 Å². The summed E-state index contributed by atoms with van der Waals surface area (Å²) in [4.78, 5) is 62.2. The summed E-state index contributed by atoms with van der Waals surface area (Å²) in [6.45, 7) is -0.606. The van der Waals surface area contributed by atoms with Gasteiger partial charge in [-0.05, 0) is 36.5 Å². The number of allylic oxidation sites excluding steroid dienone is 2. The highest BCUT2D eigenvalue weighted by atomic mass is 16.6. The number of ether oxygens (including phenoxy) is 1. The van der Waals surface area contributed by atoms with Crippen molar-refractivity contribution in [2.75, 3.05) is 11.5 Å². The zero-order chi connectivity index (χ0) is 23.3. The Hall–Kier alpha value is -4.14. The van der Waals surface area contributed by atoms with Gasteiger partial charge in [-0.3, -0.25) is 24.5 Å². The number of hydrogen-bond acceptors (Lipinski definition) is 7. The molecule has 0 N–H and O–H groups in total. The van der Waals surface area contributed by atoms with Crippen molar-refractivity contribution in [3.8, 4) is 0 Å². The molecule has 33 heavy (non-hydrogen) atoms. The molecule has 9 heteroatoms. The lowest BCUT2D eigenvalue weighted by Crippen LogP contribution is -2.33. The maximum absolute atomic E-state index is 13.0. The van der Waals surface area contributed by atoms with E-state index in [4.69, 9.17) is 4.74 Å². The molecule has 166 valence electrons. The Morgan fingerprint density at radius 1 is 0.970 bits per heavy atom. The normalized spacial score (nSPS) is 24.8. The number of hydrogen-bond donors (Lipinski definition) is 0. The first-order valence-electron chi connectivity index (χ1n) is 10.5. The number of nitrogens with zero attached hydrogens (tertiary/aromatic N) is 2. The largest absolute Gasteiger partial charge is 0.454 e. The zero-order valence-corrected chi connectivity index (χ0v) is 17.2. The van der Waals surface area contributed by atoms with E-state index in [9.17, 15) is 29.3 Å². The third kappa shape index (κ3) is 3.42. The summed E-state index contributed by atoms with van der Waals surface area (Å²) >= 11 is 0. The molecular formula is C24H18N2O7. The molecule has 0 aromatic heterocycles. The number of benzene rings is 2. The number of nitro groups is 1. The number of ketones is 1. The van der Waals surface area contributed by atoms with Crippen molar-refractivity contribution >= 4 is 34.9 Å². The molecule has 2 bridgehead atoms. The average molecular weight is 446 g/mol. The van der Waals surface area contributed by atoms with E-state index in [0.29, 0.717) is 5.69 Å². The van der Waals surface area contributed by atoms with Gasteiger partial charge in [0, 0.05) is 17.7 Å². The summed E-state index contributed by atoms with van der Waals surface area (Å²) in [5.41, 5.74) is 0.179. The number of imide groups is 1. The van der Waals surface area contributed by atoms with Gasteiger partial charge in [-0.15, -0.1) is 0 Å². The number of nitro benzene ring substituents is 1. The molecule has 3 aliphatic rings. The molecule has 1 aliphatic heterocycles. The maximum atomic E-state index is 13.0. The molecule has 5 rings (SSSR count). The predicted molar refractivity (Wildman–Crippen MR) is 114 cm³/mol. The number of carbonyl (C=O) groups excluding carboxylic acids is 4. The molecule has 1 saturated carbocycles. The number of fused-ring (bicyclic) bond motifs is 5. The van der Waals surface area contributed by atoms with Gasteiger partial charge in [0.25, 0.3) is 5.69 Å². The van der Waals surface area contributed by atoms with Crippen LogP contribution in [0.25, 0.3) is 0 Å². The molecule has 2 aliphatic carbocycles. The summed E-state index contributed by atoms with van der Waals surface area (Å²) in [6, 6.07) is 11.1. The Morgan fingerprint density at radius 3 is 2.27 bits per heavy atom. The van der Waals surface area contributed by atoms with Gasteiger partial charge in [0.15, 0.2) is 6.61 Å². The minimum absolute atomic E-state index is 0.0498. The fourth-order valence-electron chi connectivity index (χ4n) is 5.02. The van der Waals surface area contributed by atoms with Crippen LogP contribution in [0, 0.1) is 33.8 Å². The number of non-ortho nitro benzene ring substituents is 1. The second-order valence-electron chi connectivity index (χ2n) is 8.37. The van der Waals surface area contributed by atoms with Crippen LogP contribution in [-0.4, -0.2) is 35.1 Å². The van der Waals surface area contributed by atoms with Gasteiger partial charge in [-0.2, -0.15) is 0 Å². The first kappa shape index (κ1) is 20.7. The molecule has 2 amide bonds. The van der Waals surface area contributed by atoms with Crippen LogP contribution in [0.2, 0.25) is 0 Å². The van der Waals surface area contributed by atoms with Crippen molar-refractivity contribution in [1.82, 2.24) is 0 Å². The Bertz CT molecular complexity index is 1220. The van der Waals surface area contributed by atoms with E-state index >= 15 is 0 Å². The van der Waals surface area contributed by atoms with Crippen LogP contribution in [0.3, 0.4) is 0 Å². The molecule has 2 fully saturated rings. The molecule has 0 radical (unpaired) electrons. The molecule has 2 aromatic rings. The third-order valence-electron chi connectivity index (χ3n) is 6.52. The lowest BCUT2D eigenvalue weighted by molar-refractivity contribution is -0.384. The molecule has 1 saturated heterocycles. The van der Waals surface area contributed by atoms with Crippen LogP contribution in [0.15, 0.2) is 60.7 Å². The first-order chi connectivity index (χ1) is 15.8. The minimum Gasteiger partial charge on any atom is -0.454 e. The monoisotopic (exact) mass is 446 g/mol. The first-order valence-corrected chi connectivity index (χ1v) is 10.5. The van der Waals surface area contributed by atoms with E-state index in [1.807, 2.05) is 12.2 Å². The van der Waals surface area contributed by atoms with Crippen molar-refractivity contribution in [1.29, 1.82) is 0 Å².